The van der Waals surface area contributed by atoms with Crippen LogP contribution >= 0.6 is 0 Å². The average molecular weight is 434 g/mol. The van der Waals surface area contributed by atoms with Gasteiger partial charge in [-0.2, -0.15) is 17.5 Å². The summed E-state index contributed by atoms with van der Waals surface area (Å²) in [6, 6.07) is 3.75. The summed E-state index contributed by atoms with van der Waals surface area (Å²) in [5.74, 6) is -0.302. The summed E-state index contributed by atoms with van der Waals surface area (Å²) in [4.78, 5) is 14.2. The monoisotopic (exact) mass is 434 g/mol. The molecule has 2 aliphatic rings. The number of ether oxygens (including phenoxy) is 1. The van der Waals surface area contributed by atoms with Gasteiger partial charge in [-0.15, -0.1) is 0 Å². The molecule has 29 heavy (non-hydrogen) atoms. The topological polar surface area (TPSA) is 66.9 Å². The van der Waals surface area contributed by atoms with E-state index in [2.05, 4.69) is 0 Å². The molecule has 0 unspecified atom stereocenters. The van der Waals surface area contributed by atoms with Crippen molar-refractivity contribution in [3.8, 4) is 0 Å². The number of piperidine rings is 1. The number of carbonyl (C=O) groups is 1. The summed E-state index contributed by atoms with van der Waals surface area (Å²) < 4.78 is 71.1. The van der Waals surface area contributed by atoms with Crippen molar-refractivity contribution in [2.45, 2.75) is 50.0 Å². The van der Waals surface area contributed by atoms with Gasteiger partial charge in [0, 0.05) is 32.1 Å². The van der Waals surface area contributed by atoms with Gasteiger partial charge in [0.1, 0.15) is 0 Å². The SMILES string of the molecule is C[C@@H]1CN(C(=O)C2CCN(S(=O)(=O)c3cccc(C(F)(F)F)c3)CC2)C[C@H](C)O1. The molecule has 0 spiro atoms. The number of sulfonamides is 1. The van der Waals surface area contributed by atoms with Crippen LogP contribution in [0.2, 0.25) is 0 Å². The van der Waals surface area contributed by atoms with Crippen LogP contribution in [-0.2, 0) is 25.7 Å². The third kappa shape index (κ3) is 4.92. The maximum atomic E-state index is 12.9. The number of morpholine rings is 1. The van der Waals surface area contributed by atoms with Gasteiger partial charge in [-0.05, 0) is 44.9 Å². The van der Waals surface area contributed by atoms with E-state index in [9.17, 15) is 26.4 Å². The van der Waals surface area contributed by atoms with Crippen LogP contribution in [0.25, 0.3) is 0 Å². The van der Waals surface area contributed by atoms with Crippen LogP contribution in [0.4, 0.5) is 13.2 Å². The van der Waals surface area contributed by atoms with E-state index in [0.29, 0.717) is 32.0 Å². The first-order chi connectivity index (χ1) is 13.5. The Morgan fingerprint density at radius 2 is 1.69 bits per heavy atom. The third-order valence-corrected chi connectivity index (χ3v) is 7.23. The first kappa shape index (κ1) is 22.0. The van der Waals surface area contributed by atoms with E-state index < -0.39 is 21.8 Å². The zero-order valence-electron chi connectivity index (χ0n) is 16.4. The first-order valence-electron chi connectivity index (χ1n) is 9.60. The van der Waals surface area contributed by atoms with Gasteiger partial charge in [-0.25, -0.2) is 8.42 Å². The summed E-state index contributed by atoms with van der Waals surface area (Å²) in [6.07, 6.45) is -4.03. The molecule has 3 rings (SSSR count). The standard InChI is InChI=1S/C19H25F3N2O4S/c1-13-11-23(12-14(2)28-13)18(25)15-6-8-24(9-7-15)29(26,27)17-5-3-4-16(10-17)19(20,21)22/h3-5,10,13-15H,6-9,11-12H2,1-2H3/t13-,14+. The maximum Gasteiger partial charge on any atom is 0.416 e. The van der Waals surface area contributed by atoms with E-state index in [-0.39, 0.29) is 42.0 Å². The molecule has 1 amide bonds. The van der Waals surface area contributed by atoms with Crippen LogP contribution in [0.15, 0.2) is 29.2 Å². The summed E-state index contributed by atoms with van der Waals surface area (Å²) in [7, 11) is -4.05. The van der Waals surface area contributed by atoms with Crippen molar-refractivity contribution in [3.05, 3.63) is 29.8 Å². The summed E-state index contributed by atoms with van der Waals surface area (Å²) in [6.45, 7) is 5.02. The molecule has 0 saturated carbocycles. The highest BCUT2D eigenvalue weighted by molar-refractivity contribution is 7.89. The van der Waals surface area contributed by atoms with Gasteiger partial charge >= 0.3 is 6.18 Å². The van der Waals surface area contributed by atoms with Crippen LogP contribution in [0.5, 0.6) is 0 Å². The van der Waals surface area contributed by atoms with Gasteiger partial charge in [0.15, 0.2) is 0 Å². The fourth-order valence-electron chi connectivity index (χ4n) is 3.94. The predicted molar refractivity (Wildman–Crippen MR) is 99.5 cm³/mol. The molecule has 0 aromatic heterocycles. The van der Waals surface area contributed by atoms with Crippen molar-refractivity contribution in [3.63, 3.8) is 0 Å². The van der Waals surface area contributed by atoms with E-state index in [0.717, 1.165) is 16.4 Å². The van der Waals surface area contributed by atoms with Crippen molar-refractivity contribution < 1.29 is 31.1 Å². The van der Waals surface area contributed by atoms with Crippen molar-refractivity contribution >= 4 is 15.9 Å². The molecule has 1 aromatic carbocycles. The number of benzene rings is 1. The van der Waals surface area contributed by atoms with Crippen molar-refractivity contribution in [2.75, 3.05) is 26.2 Å². The lowest BCUT2D eigenvalue weighted by atomic mass is 9.96. The lowest BCUT2D eigenvalue weighted by molar-refractivity contribution is -0.148. The van der Waals surface area contributed by atoms with Gasteiger partial charge in [0.05, 0.1) is 22.7 Å². The molecule has 0 bridgehead atoms. The number of hydrogen-bond donors (Lipinski definition) is 0. The highest BCUT2D eigenvalue weighted by Crippen LogP contribution is 2.32. The number of carbonyl (C=O) groups excluding carboxylic acids is 1. The lowest BCUT2D eigenvalue weighted by Crippen LogP contribution is -2.51. The highest BCUT2D eigenvalue weighted by Gasteiger charge is 2.37. The Labute approximate surface area is 168 Å². The molecule has 0 aliphatic carbocycles. The second-order valence-electron chi connectivity index (χ2n) is 7.70. The van der Waals surface area contributed by atoms with Crippen LogP contribution in [0, 0.1) is 5.92 Å². The molecule has 6 nitrogen and oxygen atoms in total. The Balaban J connectivity index is 1.66. The number of alkyl halides is 3. The van der Waals surface area contributed by atoms with E-state index in [1.807, 2.05) is 13.8 Å². The summed E-state index contributed by atoms with van der Waals surface area (Å²) in [5, 5.41) is 0. The Bertz CT molecular complexity index is 841. The average Bonchev–Trinajstić information content (AvgIpc) is 2.66. The number of hydrogen-bond acceptors (Lipinski definition) is 4. The molecule has 162 valence electrons. The number of nitrogens with zero attached hydrogens (tertiary/aromatic N) is 2. The molecule has 2 aliphatic heterocycles. The van der Waals surface area contributed by atoms with Crippen LogP contribution in [-0.4, -0.2) is 61.9 Å². The van der Waals surface area contributed by atoms with Gasteiger partial charge in [-0.1, -0.05) is 6.07 Å². The first-order valence-corrected chi connectivity index (χ1v) is 11.0. The lowest BCUT2D eigenvalue weighted by Gasteiger charge is -2.39. The summed E-state index contributed by atoms with van der Waals surface area (Å²) in [5.41, 5.74) is -1.00. The molecule has 0 N–H and O–H groups in total. The molecule has 0 radical (unpaired) electrons. The number of rotatable bonds is 3. The van der Waals surface area contributed by atoms with Gasteiger partial charge in [0.25, 0.3) is 0 Å². The summed E-state index contributed by atoms with van der Waals surface area (Å²) >= 11 is 0. The Morgan fingerprint density at radius 3 is 2.24 bits per heavy atom. The minimum absolute atomic E-state index is 0.0110. The van der Waals surface area contributed by atoms with Crippen molar-refractivity contribution in [2.24, 2.45) is 5.92 Å². The third-order valence-electron chi connectivity index (χ3n) is 5.33. The van der Waals surface area contributed by atoms with E-state index in [1.54, 1.807) is 4.90 Å². The van der Waals surface area contributed by atoms with E-state index in [4.69, 9.17) is 4.74 Å². The Hall–Kier alpha value is -1.65. The minimum Gasteiger partial charge on any atom is -0.372 e. The highest BCUT2D eigenvalue weighted by atomic mass is 32.2. The van der Waals surface area contributed by atoms with Crippen molar-refractivity contribution in [1.29, 1.82) is 0 Å². The molecule has 2 atom stereocenters. The normalized spacial score (nSPS) is 25.2. The second kappa shape index (κ2) is 8.23. The van der Waals surface area contributed by atoms with Crippen LogP contribution in [0.1, 0.15) is 32.3 Å². The molecule has 2 heterocycles. The quantitative estimate of drug-likeness (QED) is 0.734. The maximum absolute atomic E-state index is 12.9. The molecule has 2 saturated heterocycles. The number of amides is 1. The Kier molecular flexibility index (Phi) is 6.26. The zero-order valence-corrected chi connectivity index (χ0v) is 17.2. The Morgan fingerprint density at radius 1 is 1.10 bits per heavy atom. The molecule has 2 fully saturated rings. The molecule has 10 heteroatoms. The largest absolute Gasteiger partial charge is 0.416 e. The molecular weight excluding hydrogens is 409 g/mol. The second-order valence-corrected chi connectivity index (χ2v) is 9.64. The van der Waals surface area contributed by atoms with Crippen LogP contribution < -0.4 is 0 Å². The smallest absolute Gasteiger partial charge is 0.372 e. The fraction of sp³-hybridized carbons (Fsp3) is 0.632. The molecule has 1 aromatic rings. The van der Waals surface area contributed by atoms with Crippen molar-refractivity contribution in [1.82, 2.24) is 9.21 Å². The fourth-order valence-corrected chi connectivity index (χ4v) is 5.46. The predicted octanol–water partition coefficient (Wildman–Crippen LogP) is 2.74. The van der Waals surface area contributed by atoms with E-state index >= 15 is 0 Å². The van der Waals surface area contributed by atoms with Crippen LogP contribution in [0.3, 0.4) is 0 Å². The van der Waals surface area contributed by atoms with E-state index in [1.165, 1.54) is 6.07 Å². The zero-order chi connectivity index (χ0) is 21.4. The van der Waals surface area contributed by atoms with Gasteiger partial charge in [-0.3, -0.25) is 4.79 Å². The number of halogens is 3. The minimum atomic E-state index is -4.61. The van der Waals surface area contributed by atoms with Gasteiger partial charge < -0.3 is 9.64 Å². The van der Waals surface area contributed by atoms with Gasteiger partial charge in [0.2, 0.25) is 15.9 Å². The molecular formula is C19H25F3N2O4S.